The third-order valence-electron chi connectivity index (χ3n) is 7.10. The minimum absolute atomic E-state index is 0.0470. The van der Waals surface area contributed by atoms with Crippen LogP contribution in [-0.4, -0.2) is 61.4 Å². The summed E-state index contributed by atoms with van der Waals surface area (Å²) in [5, 5.41) is 0. The minimum atomic E-state index is -0.358. The van der Waals surface area contributed by atoms with Crippen LogP contribution in [0.2, 0.25) is 0 Å². The average molecular weight is 561 g/mol. The number of fused-ring (bicyclic) bond motifs is 1. The zero-order valence-electron chi connectivity index (χ0n) is 23.1. The first-order valence-corrected chi connectivity index (χ1v) is 13.7. The zero-order chi connectivity index (χ0) is 28.9. The van der Waals surface area contributed by atoms with Crippen LogP contribution in [0.5, 0.6) is 11.5 Å². The Morgan fingerprint density at radius 1 is 1.07 bits per heavy atom. The number of furan rings is 1. The van der Waals surface area contributed by atoms with E-state index in [1.165, 1.54) is 4.90 Å². The van der Waals surface area contributed by atoms with E-state index >= 15 is 0 Å². The third-order valence-corrected chi connectivity index (χ3v) is 7.10. The highest BCUT2D eigenvalue weighted by Gasteiger charge is 2.32. The molecule has 1 saturated heterocycles. The van der Waals surface area contributed by atoms with Gasteiger partial charge < -0.3 is 23.5 Å². The molecule has 3 aromatic rings. The first kappa shape index (κ1) is 27.9. The van der Waals surface area contributed by atoms with E-state index in [2.05, 4.69) is 0 Å². The summed E-state index contributed by atoms with van der Waals surface area (Å²) in [5.41, 5.74) is 1.83. The van der Waals surface area contributed by atoms with Gasteiger partial charge in [-0.15, -0.1) is 0 Å². The normalized spacial score (nSPS) is 16.5. The maximum atomic E-state index is 13.1. The van der Waals surface area contributed by atoms with Crippen molar-refractivity contribution in [3.63, 3.8) is 0 Å². The second-order valence-electron chi connectivity index (χ2n) is 10.1. The molecule has 0 saturated carbocycles. The molecule has 0 aliphatic carbocycles. The van der Waals surface area contributed by atoms with Gasteiger partial charge in [0.25, 0.3) is 11.8 Å². The Kier molecular flexibility index (Phi) is 8.37. The van der Waals surface area contributed by atoms with Crippen molar-refractivity contribution in [1.29, 1.82) is 0 Å². The number of hydrogen-bond acceptors (Lipinski definition) is 8. The smallest absolute Gasteiger partial charge is 0.310 e. The molecule has 214 valence electrons. The lowest BCUT2D eigenvalue weighted by molar-refractivity contribution is -0.149. The maximum Gasteiger partial charge on any atom is 0.310 e. The summed E-state index contributed by atoms with van der Waals surface area (Å²) < 4.78 is 22.2. The number of amides is 2. The fraction of sp³-hybridized carbons (Fsp3) is 0.355. The van der Waals surface area contributed by atoms with Gasteiger partial charge in [-0.25, -0.2) is 0 Å². The average Bonchev–Trinajstić information content (AvgIpc) is 3.45. The zero-order valence-corrected chi connectivity index (χ0v) is 23.1. The number of hydrogen-bond donors (Lipinski definition) is 0. The maximum absolute atomic E-state index is 13.1. The Balaban J connectivity index is 1.27. The molecule has 10 nitrogen and oxygen atoms in total. The van der Waals surface area contributed by atoms with Gasteiger partial charge in [-0.2, -0.15) is 0 Å². The Morgan fingerprint density at radius 2 is 1.93 bits per heavy atom. The number of carbonyl (C=O) groups excluding carboxylic acids is 4. The van der Waals surface area contributed by atoms with Gasteiger partial charge in [0.1, 0.15) is 17.3 Å². The van der Waals surface area contributed by atoms with Crippen LogP contribution in [0.15, 0.2) is 59.0 Å². The first-order valence-electron chi connectivity index (χ1n) is 13.7. The highest BCUT2D eigenvalue weighted by atomic mass is 16.5. The number of aryl methyl sites for hydroxylation is 1. The van der Waals surface area contributed by atoms with Gasteiger partial charge >= 0.3 is 5.97 Å². The van der Waals surface area contributed by atoms with E-state index in [1.807, 2.05) is 25.1 Å². The van der Waals surface area contributed by atoms with Gasteiger partial charge in [-0.3, -0.25) is 24.1 Å². The molecular formula is C31H32N2O8. The van der Waals surface area contributed by atoms with E-state index in [9.17, 15) is 19.2 Å². The van der Waals surface area contributed by atoms with E-state index in [1.54, 1.807) is 48.2 Å². The van der Waals surface area contributed by atoms with Gasteiger partial charge in [-0.1, -0.05) is 12.1 Å². The number of benzene rings is 2. The summed E-state index contributed by atoms with van der Waals surface area (Å²) in [6, 6.07) is 15.5. The Hall–Kier alpha value is -4.60. The van der Waals surface area contributed by atoms with Crippen molar-refractivity contribution >= 4 is 29.3 Å². The molecular weight excluding hydrogens is 528 g/mol. The highest BCUT2D eigenvalue weighted by molar-refractivity contribution is 6.02. The summed E-state index contributed by atoms with van der Waals surface area (Å²) in [5.74, 6) is 0.0491. The van der Waals surface area contributed by atoms with Gasteiger partial charge in [0.05, 0.1) is 24.8 Å². The van der Waals surface area contributed by atoms with Gasteiger partial charge in [0, 0.05) is 18.7 Å². The molecule has 1 atom stereocenters. The predicted molar refractivity (Wildman–Crippen MR) is 148 cm³/mol. The van der Waals surface area contributed by atoms with Crippen molar-refractivity contribution in [3.05, 3.63) is 77.2 Å². The van der Waals surface area contributed by atoms with Crippen molar-refractivity contribution in [3.8, 4) is 11.5 Å². The van der Waals surface area contributed by atoms with E-state index < -0.39 is 0 Å². The van der Waals surface area contributed by atoms with Crippen molar-refractivity contribution in [2.45, 2.75) is 33.2 Å². The van der Waals surface area contributed by atoms with Crippen LogP contribution in [0.4, 0.5) is 5.69 Å². The van der Waals surface area contributed by atoms with Crippen LogP contribution in [0.1, 0.15) is 52.0 Å². The van der Waals surface area contributed by atoms with Gasteiger partial charge in [0.2, 0.25) is 0 Å². The standard InChI is InChI=1S/C31H32N2O8/c1-3-38-31(37)22-7-5-13-32(16-22)30(36)28-12-10-24(41-28)17-33-25-15-21(9-11-27(25)40-19-29(33)35)26(34)18-39-23-8-4-6-20(2)14-23/h4,6,8-12,14-15,22H,3,5,7,13,16-19H2,1-2H3. The van der Waals surface area contributed by atoms with Crippen molar-refractivity contribution < 1.29 is 37.8 Å². The lowest BCUT2D eigenvalue weighted by Gasteiger charge is -2.31. The second-order valence-corrected chi connectivity index (χ2v) is 10.1. The largest absolute Gasteiger partial charge is 0.485 e. The summed E-state index contributed by atoms with van der Waals surface area (Å²) in [7, 11) is 0. The monoisotopic (exact) mass is 560 g/mol. The molecule has 41 heavy (non-hydrogen) atoms. The molecule has 0 radical (unpaired) electrons. The second kappa shape index (κ2) is 12.3. The van der Waals surface area contributed by atoms with E-state index in [-0.39, 0.29) is 61.5 Å². The lowest BCUT2D eigenvalue weighted by atomic mass is 9.98. The summed E-state index contributed by atoms with van der Waals surface area (Å²) in [6.07, 6.45) is 1.37. The van der Waals surface area contributed by atoms with Gasteiger partial charge in [-0.05, 0) is 74.7 Å². The number of nitrogens with zero attached hydrogens (tertiary/aromatic N) is 2. The van der Waals surface area contributed by atoms with Crippen molar-refractivity contribution in [2.24, 2.45) is 5.92 Å². The van der Waals surface area contributed by atoms with Gasteiger partial charge in [0.15, 0.2) is 24.8 Å². The van der Waals surface area contributed by atoms with Crippen LogP contribution >= 0.6 is 0 Å². The quantitative estimate of drug-likeness (QED) is 0.283. The van der Waals surface area contributed by atoms with Crippen molar-refractivity contribution in [2.75, 3.05) is 37.8 Å². The number of esters is 1. The van der Waals surface area contributed by atoms with E-state index in [0.717, 1.165) is 5.56 Å². The fourth-order valence-electron chi connectivity index (χ4n) is 4.99. The summed E-state index contributed by atoms with van der Waals surface area (Å²) in [4.78, 5) is 54.1. The molecule has 2 amide bonds. The number of piperidine rings is 1. The first-order chi connectivity index (χ1) is 19.8. The number of rotatable bonds is 9. The molecule has 2 aliphatic heterocycles. The predicted octanol–water partition coefficient (Wildman–Crippen LogP) is 4.19. The number of carbonyl (C=O) groups is 4. The molecule has 10 heteroatoms. The number of Topliss-reactive ketones (excluding diaryl/α,β-unsaturated/α-hetero) is 1. The molecule has 2 aliphatic rings. The van der Waals surface area contributed by atoms with E-state index in [4.69, 9.17) is 18.6 Å². The molecule has 2 aromatic carbocycles. The molecule has 5 rings (SSSR count). The fourth-order valence-corrected chi connectivity index (χ4v) is 4.99. The number of anilines is 1. The minimum Gasteiger partial charge on any atom is -0.485 e. The summed E-state index contributed by atoms with van der Waals surface area (Å²) in [6.45, 7) is 4.51. The molecule has 1 aromatic heterocycles. The molecule has 0 bridgehead atoms. The number of ketones is 1. The number of likely N-dealkylation sites (tertiary alicyclic amines) is 1. The molecule has 0 N–H and O–H groups in total. The van der Waals surface area contributed by atoms with Crippen LogP contribution in [0.25, 0.3) is 0 Å². The molecule has 3 heterocycles. The van der Waals surface area contributed by atoms with Crippen molar-refractivity contribution in [1.82, 2.24) is 4.90 Å². The highest BCUT2D eigenvalue weighted by Crippen LogP contribution is 2.34. The SMILES string of the molecule is CCOC(=O)C1CCCN(C(=O)c2ccc(CN3C(=O)COc4ccc(C(=O)COc5cccc(C)c5)cc43)o2)C1. The molecule has 0 spiro atoms. The number of ether oxygens (including phenoxy) is 3. The Labute approximate surface area is 237 Å². The van der Waals surface area contributed by atoms with Crippen LogP contribution < -0.4 is 14.4 Å². The lowest BCUT2D eigenvalue weighted by Crippen LogP contribution is -2.42. The topological polar surface area (TPSA) is 116 Å². The van der Waals surface area contributed by atoms with E-state index in [0.29, 0.717) is 54.5 Å². The third kappa shape index (κ3) is 6.42. The van der Waals surface area contributed by atoms with Crippen LogP contribution in [-0.2, 0) is 20.9 Å². The Bertz CT molecular complexity index is 1460. The van der Waals surface area contributed by atoms with Crippen LogP contribution in [0, 0.1) is 12.8 Å². The Morgan fingerprint density at radius 3 is 2.73 bits per heavy atom. The van der Waals surface area contributed by atoms with Crippen LogP contribution in [0.3, 0.4) is 0 Å². The molecule has 1 unspecified atom stereocenters. The summed E-state index contributed by atoms with van der Waals surface area (Å²) >= 11 is 0. The molecule has 1 fully saturated rings.